The maximum absolute atomic E-state index is 12.7. The van der Waals surface area contributed by atoms with Gasteiger partial charge in [0.15, 0.2) is 0 Å². The summed E-state index contributed by atoms with van der Waals surface area (Å²) in [7, 11) is 4.78. The molecule has 0 saturated carbocycles. The van der Waals surface area contributed by atoms with Gasteiger partial charge in [-0.2, -0.15) is 0 Å². The van der Waals surface area contributed by atoms with E-state index < -0.39 is 0 Å². The van der Waals surface area contributed by atoms with Crippen LogP contribution >= 0.6 is 0 Å². The molecule has 1 aromatic carbocycles. The van der Waals surface area contributed by atoms with E-state index in [9.17, 15) is 4.79 Å². The molecule has 0 aliphatic rings. The topological polar surface area (TPSA) is 44.8 Å². The molecule has 0 saturated heterocycles. The van der Waals surface area contributed by atoms with Gasteiger partial charge in [-0.3, -0.25) is 4.79 Å². The highest BCUT2D eigenvalue weighted by molar-refractivity contribution is 5.75. The van der Waals surface area contributed by atoms with Crippen LogP contribution < -0.4 is 9.47 Å². The van der Waals surface area contributed by atoms with Crippen LogP contribution in [0.4, 0.5) is 0 Å². The van der Waals surface area contributed by atoms with Crippen LogP contribution in [0.15, 0.2) is 36.4 Å². The highest BCUT2D eigenvalue weighted by Crippen LogP contribution is 2.43. The largest absolute Gasteiger partial charge is 0.496 e. The van der Waals surface area contributed by atoms with Crippen LogP contribution in [0, 0.1) is 5.92 Å². The molecule has 0 N–H and O–H groups in total. The average molecular weight is 403 g/mol. The molecule has 0 fully saturated rings. The van der Waals surface area contributed by atoms with Gasteiger partial charge in [0.2, 0.25) is 0 Å². The number of methoxy groups -OCH3 is 3. The van der Waals surface area contributed by atoms with Gasteiger partial charge in [-0.25, -0.2) is 0 Å². The summed E-state index contributed by atoms with van der Waals surface area (Å²) in [6.45, 7) is 10.1. The van der Waals surface area contributed by atoms with Crippen molar-refractivity contribution in [2.24, 2.45) is 5.92 Å². The Bertz CT molecular complexity index is 665. The van der Waals surface area contributed by atoms with Gasteiger partial charge in [-0.15, -0.1) is 6.58 Å². The van der Waals surface area contributed by atoms with Crippen molar-refractivity contribution in [1.82, 2.24) is 0 Å². The van der Waals surface area contributed by atoms with Crippen molar-refractivity contribution in [3.05, 3.63) is 47.6 Å². The summed E-state index contributed by atoms with van der Waals surface area (Å²) in [4.78, 5) is 12.7. The summed E-state index contributed by atoms with van der Waals surface area (Å²) < 4.78 is 16.7. The molecule has 4 heteroatoms. The van der Waals surface area contributed by atoms with Gasteiger partial charge in [-0.1, -0.05) is 37.5 Å². The third-order valence-electron chi connectivity index (χ3n) is 5.23. The van der Waals surface area contributed by atoms with E-state index in [0.717, 1.165) is 41.9 Å². The Morgan fingerprint density at radius 3 is 2.21 bits per heavy atom. The number of rotatable bonds is 13. The molecule has 4 nitrogen and oxygen atoms in total. The maximum atomic E-state index is 12.7. The first-order valence-corrected chi connectivity index (χ1v) is 10.5. The highest BCUT2D eigenvalue weighted by Gasteiger charge is 2.33. The van der Waals surface area contributed by atoms with E-state index in [1.54, 1.807) is 14.2 Å². The summed E-state index contributed by atoms with van der Waals surface area (Å²) in [6.07, 6.45) is 9.90. The van der Waals surface area contributed by atoms with Crippen molar-refractivity contribution in [2.45, 2.75) is 65.2 Å². The van der Waals surface area contributed by atoms with Gasteiger partial charge >= 0.3 is 5.97 Å². The zero-order chi connectivity index (χ0) is 21.8. The maximum Gasteiger partial charge on any atom is 0.309 e. The number of unbranched alkanes of at least 4 members (excludes halogenated alkanes) is 2. The molecule has 2 atom stereocenters. The molecule has 162 valence electrons. The van der Waals surface area contributed by atoms with E-state index in [4.69, 9.17) is 14.2 Å². The van der Waals surface area contributed by atoms with Gasteiger partial charge in [0.05, 0.1) is 27.2 Å². The molecule has 0 aliphatic carbocycles. The number of esters is 1. The Hall–Kier alpha value is -2.23. The van der Waals surface area contributed by atoms with Crippen LogP contribution in [-0.4, -0.2) is 27.3 Å². The molecule has 1 aromatic rings. The average Bonchev–Trinajstić information content (AvgIpc) is 2.72. The quantitative estimate of drug-likeness (QED) is 0.222. The van der Waals surface area contributed by atoms with Gasteiger partial charge in [0.1, 0.15) is 11.5 Å². The van der Waals surface area contributed by atoms with Crippen molar-refractivity contribution in [2.75, 3.05) is 21.3 Å². The fourth-order valence-electron chi connectivity index (χ4n) is 3.68. The molecule has 29 heavy (non-hydrogen) atoms. The van der Waals surface area contributed by atoms with Crippen molar-refractivity contribution < 1.29 is 19.0 Å². The smallest absolute Gasteiger partial charge is 0.309 e. The lowest BCUT2D eigenvalue weighted by molar-refractivity contribution is -0.146. The Balaban J connectivity index is 3.46. The number of allylic oxidation sites excluding steroid dienone is 3. The van der Waals surface area contributed by atoms with Gasteiger partial charge in [0, 0.05) is 11.5 Å². The minimum atomic E-state index is -0.346. The van der Waals surface area contributed by atoms with E-state index in [1.165, 1.54) is 25.5 Å². The van der Waals surface area contributed by atoms with Crippen LogP contribution in [0.2, 0.25) is 0 Å². The van der Waals surface area contributed by atoms with Crippen LogP contribution in [0.5, 0.6) is 11.5 Å². The molecule has 0 amide bonds. The SMILES string of the molecule is C=C(C)CCC(C(=O)OC)C(/C=C/C)c1c(OC)cc(CCCCC)cc1OC. The van der Waals surface area contributed by atoms with Crippen LogP contribution in [0.25, 0.3) is 0 Å². The lowest BCUT2D eigenvalue weighted by Gasteiger charge is -2.27. The van der Waals surface area contributed by atoms with E-state index in [2.05, 4.69) is 25.6 Å². The molecule has 0 bridgehead atoms. The lowest BCUT2D eigenvalue weighted by atomic mass is 9.80. The lowest BCUT2D eigenvalue weighted by Crippen LogP contribution is -2.24. The molecule has 0 heterocycles. The minimum Gasteiger partial charge on any atom is -0.496 e. The first-order valence-electron chi connectivity index (χ1n) is 10.5. The Morgan fingerprint density at radius 1 is 1.14 bits per heavy atom. The second-order valence-electron chi connectivity index (χ2n) is 7.55. The summed E-state index contributed by atoms with van der Waals surface area (Å²) in [5, 5.41) is 0. The standard InChI is InChI=1S/C25H38O4/c1-8-10-11-13-19-16-22(27-5)24(23(17-19)28-6)20(12-9-2)21(25(26)29-7)15-14-18(3)4/h9,12,16-17,20-21H,3,8,10-11,13-15H2,1-2,4-7H3/b12-9+. The number of aryl methyl sites for hydroxylation is 1. The fourth-order valence-corrected chi connectivity index (χ4v) is 3.68. The Labute approximate surface area is 176 Å². The number of ether oxygens (including phenoxy) is 3. The zero-order valence-corrected chi connectivity index (χ0v) is 19.0. The number of benzene rings is 1. The van der Waals surface area contributed by atoms with Crippen LogP contribution in [0.1, 0.15) is 69.9 Å². The number of carbonyl (C=O) groups excluding carboxylic acids is 1. The van der Waals surface area contributed by atoms with Crippen molar-refractivity contribution in [1.29, 1.82) is 0 Å². The van der Waals surface area contributed by atoms with E-state index >= 15 is 0 Å². The summed E-state index contributed by atoms with van der Waals surface area (Å²) in [5.74, 6) is 0.722. The summed E-state index contributed by atoms with van der Waals surface area (Å²) in [5.41, 5.74) is 3.12. The molecule has 1 rings (SSSR count). The summed E-state index contributed by atoms with van der Waals surface area (Å²) in [6, 6.07) is 4.16. The normalized spacial score (nSPS) is 13.2. The van der Waals surface area contributed by atoms with E-state index in [0.29, 0.717) is 6.42 Å². The van der Waals surface area contributed by atoms with Gasteiger partial charge < -0.3 is 14.2 Å². The molecule has 0 spiro atoms. The first-order chi connectivity index (χ1) is 13.9. The predicted molar refractivity (Wildman–Crippen MR) is 120 cm³/mol. The van der Waals surface area contributed by atoms with Crippen molar-refractivity contribution >= 4 is 5.97 Å². The van der Waals surface area contributed by atoms with Crippen LogP contribution in [-0.2, 0) is 16.0 Å². The number of carbonyl (C=O) groups is 1. The monoisotopic (exact) mass is 402 g/mol. The molecule has 0 aliphatic heterocycles. The van der Waals surface area contributed by atoms with Gasteiger partial charge in [0.25, 0.3) is 0 Å². The van der Waals surface area contributed by atoms with E-state index in [-0.39, 0.29) is 17.8 Å². The van der Waals surface area contributed by atoms with Crippen molar-refractivity contribution in [3.8, 4) is 11.5 Å². The predicted octanol–water partition coefficient (Wildman–Crippen LogP) is 6.24. The number of hydrogen-bond acceptors (Lipinski definition) is 4. The highest BCUT2D eigenvalue weighted by atomic mass is 16.5. The van der Waals surface area contributed by atoms with Gasteiger partial charge in [-0.05, 0) is 57.2 Å². The fraction of sp³-hybridized carbons (Fsp3) is 0.560. The third-order valence-corrected chi connectivity index (χ3v) is 5.23. The molecule has 2 unspecified atom stereocenters. The summed E-state index contributed by atoms with van der Waals surface area (Å²) >= 11 is 0. The molecular weight excluding hydrogens is 364 g/mol. The first kappa shape index (κ1) is 24.8. The Morgan fingerprint density at radius 2 is 1.76 bits per heavy atom. The second-order valence-corrected chi connectivity index (χ2v) is 7.55. The van der Waals surface area contributed by atoms with Crippen molar-refractivity contribution in [3.63, 3.8) is 0 Å². The number of hydrogen-bond donors (Lipinski definition) is 0. The molecule has 0 aromatic heterocycles. The van der Waals surface area contributed by atoms with Crippen LogP contribution in [0.3, 0.4) is 0 Å². The molecular formula is C25H38O4. The molecule has 0 radical (unpaired) electrons. The Kier molecular flexibility index (Phi) is 11.2. The second kappa shape index (κ2) is 13.1. The minimum absolute atomic E-state index is 0.207. The third kappa shape index (κ3) is 7.26. The van der Waals surface area contributed by atoms with E-state index in [1.807, 2.05) is 26.0 Å². The zero-order valence-electron chi connectivity index (χ0n) is 19.0.